The molecule has 128 valence electrons. The lowest BCUT2D eigenvalue weighted by Crippen LogP contribution is -2.20. The second kappa shape index (κ2) is 6.33. The highest BCUT2D eigenvalue weighted by Crippen LogP contribution is 2.35. The first-order valence-electron chi connectivity index (χ1n) is 8.28. The van der Waals surface area contributed by atoms with Crippen LogP contribution < -0.4 is 16.0 Å². The molecule has 0 bridgehead atoms. The molecule has 1 fully saturated rings. The number of nitrogens with zero attached hydrogens (tertiary/aromatic N) is 3. The number of carbonyl (C=O) groups excluding carboxylic acids is 1. The summed E-state index contributed by atoms with van der Waals surface area (Å²) in [6.45, 7) is 4.02. The van der Waals surface area contributed by atoms with E-state index in [1.165, 1.54) is 0 Å². The quantitative estimate of drug-likeness (QED) is 0.750. The Morgan fingerprint density at radius 3 is 2.84 bits per heavy atom. The predicted molar refractivity (Wildman–Crippen MR) is 102 cm³/mol. The molecular formula is C18H19N5OS. The van der Waals surface area contributed by atoms with E-state index in [1.54, 1.807) is 23.7 Å². The Morgan fingerprint density at radius 1 is 1.28 bits per heavy atom. The molecule has 1 aromatic carbocycles. The molecule has 0 aliphatic carbocycles. The molecule has 1 aliphatic heterocycles. The zero-order valence-electron chi connectivity index (χ0n) is 14.0. The summed E-state index contributed by atoms with van der Waals surface area (Å²) in [5, 5.41) is 6.57. The fourth-order valence-corrected chi connectivity index (χ4v) is 4.14. The van der Waals surface area contributed by atoms with E-state index in [9.17, 15) is 4.79 Å². The highest BCUT2D eigenvalue weighted by atomic mass is 32.1. The standard InChI is InChI=1S/C18H19N5OS/c1-11-9-25-18-15(11)17(20-10-21-18)22-13-5-4-12(16(19)24)8-14(13)23-6-2-3-7-23/h4-5,8-10H,2-3,6-7H2,1H3,(H2,19,24)(H,20,21,22). The topological polar surface area (TPSA) is 84.1 Å². The van der Waals surface area contributed by atoms with E-state index in [4.69, 9.17) is 5.73 Å². The minimum absolute atomic E-state index is 0.412. The molecule has 0 atom stereocenters. The SMILES string of the molecule is Cc1csc2ncnc(Nc3ccc(C(N)=O)cc3N3CCCC3)c12. The lowest BCUT2D eigenvalue weighted by molar-refractivity contribution is 0.100. The van der Waals surface area contributed by atoms with Gasteiger partial charge in [0.1, 0.15) is 17.0 Å². The van der Waals surface area contributed by atoms with Crippen molar-refractivity contribution in [2.75, 3.05) is 23.3 Å². The van der Waals surface area contributed by atoms with Crippen molar-refractivity contribution in [3.05, 3.63) is 41.0 Å². The van der Waals surface area contributed by atoms with Gasteiger partial charge in [-0.15, -0.1) is 11.3 Å². The summed E-state index contributed by atoms with van der Waals surface area (Å²) >= 11 is 1.61. The Balaban J connectivity index is 1.78. The third-order valence-electron chi connectivity index (χ3n) is 4.54. The zero-order valence-corrected chi connectivity index (χ0v) is 14.8. The number of hydrogen-bond donors (Lipinski definition) is 2. The highest BCUT2D eigenvalue weighted by molar-refractivity contribution is 7.17. The highest BCUT2D eigenvalue weighted by Gasteiger charge is 2.19. The summed E-state index contributed by atoms with van der Waals surface area (Å²) in [5.41, 5.74) is 9.06. The summed E-state index contributed by atoms with van der Waals surface area (Å²) < 4.78 is 0. The molecule has 2 aromatic heterocycles. The van der Waals surface area contributed by atoms with Gasteiger partial charge in [-0.25, -0.2) is 9.97 Å². The van der Waals surface area contributed by atoms with Crippen LogP contribution in [0.1, 0.15) is 28.8 Å². The van der Waals surface area contributed by atoms with Crippen LogP contribution in [0, 0.1) is 6.92 Å². The van der Waals surface area contributed by atoms with Gasteiger partial charge in [-0.1, -0.05) is 0 Å². The van der Waals surface area contributed by atoms with Crippen molar-refractivity contribution in [2.45, 2.75) is 19.8 Å². The number of thiophene rings is 1. The second-order valence-electron chi connectivity index (χ2n) is 6.24. The number of nitrogens with two attached hydrogens (primary N) is 1. The van der Waals surface area contributed by atoms with Crippen molar-refractivity contribution in [3.8, 4) is 0 Å². The van der Waals surface area contributed by atoms with Crippen LogP contribution in [-0.2, 0) is 0 Å². The van der Waals surface area contributed by atoms with Gasteiger partial charge in [0.15, 0.2) is 0 Å². The molecule has 4 rings (SSSR count). The third-order valence-corrected chi connectivity index (χ3v) is 5.54. The number of aryl methyl sites for hydroxylation is 1. The maximum atomic E-state index is 11.6. The van der Waals surface area contributed by atoms with E-state index in [-0.39, 0.29) is 0 Å². The summed E-state index contributed by atoms with van der Waals surface area (Å²) in [7, 11) is 0. The number of nitrogens with one attached hydrogen (secondary N) is 1. The predicted octanol–water partition coefficient (Wildman–Crippen LogP) is 3.44. The van der Waals surface area contributed by atoms with Crippen LogP contribution >= 0.6 is 11.3 Å². The van der Waals surface area contributed by atoms with E-state index in [0.29, 0.717) is 5.56 Å². The number of carbonyl (C=O) groups is 1. The van der Waals surface area contributed by atoms with Crippen LogP contribution in [0.5, 0.6) is 0 Å². The van der Waals surface area contributed by atoms with Crippen LogP contribution in [0.25, 0.3) is 10.2 Å². The molecule has 3 N–H and O–H groups in total. The van der Waals surface area contributed by atoms with Crippen LogP contribution in [0.2, 0.25) is 0 Å². The Hall–Kier alpha value is -2.67. The van der Waals surface area contributed by atoms with Gasteiger partial charge in [-0.2, -0.15) is 0 Å². The molecular weight excluding hydrogens is 334 g/mol. The first-order chi connectivity index (χ1) is 12.1. The van der Waals surface area contributed by atoms with Gasteiger partial charge in [0.05, 0.1) is 16.8 Å². The molecule has 3 aromatic rings. The molecule has 7 heteroatoms. The fraction of sp³-hybridized carbons (Fsp3) is 0.278. The first-order valence-corrected chi connectivity index (χ1v) is 9.16. The Kier molecular flexibility index (Phi) is 4.01. The van der Waals surface area contributed by atoms with E-state index in [2.05, 4.69) is 32.5 Å². The van der Waals surface area contributed by atoms with Gasteiger partial charge in [0.25, 0.3) is 0 Å². The zero-order chi connectivity index (χ0) is 17.4. The number of aromatic nitrogens is 2. The number of anilines is 3. The number of hydrogen-bond acceptors (Lipinski definition) is 6. The van der Waals surface area contributed by atoms with E-state index in [1.807, 2.05) is 12.1 Å². The monoisotopic (exact) mass is 353 g/mol. The van der Waals surface area contributed by atoms with Crippen LogP contribution in [0.3, 0.4) is 0 Å². The van der Waals surface area contributed by atoms with Gasteiger partial charge >= 0.3 is 0 Å². The summed E-state index contributed by atoms with van der Waals surface area (Å²) in [6, 6.07) is 5.53. The molecule has 0 unspecified atom stereocenters. The van der Waals surface area contributed by atoms with Crippen molar-refractivity contribution in [1.82, 2.24) is 9.97 Å². The van der Waals surface area contributed by atoms with Crippen LogP contribution in [-0.4, -0.2) is 29.0 Å². The average molecular weight is 353 g/mol. The van der Waals surface area contributed by atoms with Crippen molar-refractivity contribution in [2.24, 2.45) is 5.73 Å². The lowest BCUT2D eigenvalue weighted by atomic mass is 10.1. The number of amides is 1. The van der Waals surface area contributed by atoms with Crippen LogP contribution in [0.4, 0.5) is 17.2 Å². The summed E-state index contributed by atoms with van der Waals surface area (Å²) in [4.78, 5) is 23.6. The molecule has 6 nitrogen and oxygen atoms in total. The Labute approximate surface area is 149 Å². The molecule has 0 spiro atoms. The molecule has 0 radical (unpaired) electrons. The van der Waals surface area contributed by atoms with Gasteiger partial charge in [0.2, 0.25) is 5.91 Å². The molecule has 1 saturated heterocycles. The van der Waals surface area contributed by atoms with Gasteiger partial charge < -0.3 is 16.0 Å². The van der Waals surface area contributed by atoms with Gasteiger partial charge in [-0.3, -0.25) is 4.79 Å². The van der Waals surface area contributed by atoms with Crippen LogP contribution in [0.15, 0.2) is 29.9 Å². The van der Waals surface area contributed by atoms with Gasteiger partial charge in [-0.05, 0) is 48.9 Å². The van der Waals surface area contributed by atoms with Crippen molar-refractivity contribution in [1.29, 1.82) is 0 Å². The average Bonchev–Trinajstić information content (AvgIpc) is 3.26. The normalized spacial score (nSPS) is 14.2. The maximum Gasteiger partial charge on any atom is 0.248 e. The fourth-order valence-electron chi connectivity index (χ4n) is 3.25. The number of primary amides is 1. The minimum Gasteiger partial charge on any atom is -0.370 e. The number of benzene rings is 1. The second-order valence-corrected chi connectivity index (χ2v) is 7.09. The largest absolute Gasteiger partial charge is 0.370 e. The first kappa shape index (κ1) is 15.8. The number of rotatable bonds is 4. The number of fused-ring (bicyclic) bond motifs is 1. The van der Waals surface area contributed by atoms with E-state index >= 15 is 0 Å². The molecule has 3 heterocycles. The van der Waals surface area contributed by atoms with E-state index < -0.39 is 5.91 Å². The van der Waals surface area contributed by atoms with Gasteiger partial charge in [0, 0.05) is 18.7 Å². The summed E-state index contributed by atoms with van der Waals surface area (Å²) in [5.74, 6) is 0.376. The minimum atomic E-state index is -0.412. The molecule has 0 saturated carbocycles. The smallest absolute Gasteiger partial charge is 0.248 e. The van der Waals surface area contributed by atoms with Crippen molar-refractivity contribution >= 4 is 44.7 Å². The molecule has 1 amide bonds. The molecule has 25 heavy (non-hydrogen) atoms. The summed E-state index contributed by atoms with van der Waals surface area (Å²) in [6.07, 6.45) is 3.89. The van der Waals surface area contributed by atoms with Crippen molar-refractivity contribution < 1.29 is 4.79 Å². The molecule has 1 aliphatic rings. The third kappa shape index (κ3) is 2.91. The van der Waals surface area contributed by atoms with Crippen molar-refractivity contribution in [3.63, 3.8) is 0 Å². The Morgan fingerprint density at radius 2 is 2.08 bits per heavy atom. The lowest BCUT2D eigenvalue weighted by Gasteiger charge is -2.22. The maximum absolute atomic E-state index is 11.6. The van der Waals surface area contributed by atoms with E-state index in [0.717, 1.165) is 58.9 Å². The Bertz CT molecular complexity index is 946.